The van der Waals surface area contributed by atoms with Gasteiger partial charge in [0.05, 0.1) is 9.92 Å². The first-order valence-electron chi connectivity index (χ1n) is 9.17. The van der Waals surface area contributed by atoms with E-state index in [9.17, 15) is 18.0 Å². The Balaban J connectivity index is 1.58. The molecule has 0 saturated carbocycles. The Hall–Kier alpha value is -2.68. The van der Waals surface area contributed by atoms with E-state index in [1.165, 1.54) is 24.3 Å². The van der Waals surface area contributed by atoms with Crippen LogP contribution in [0.15, 0.2) is 56.6 Å². The number of esters is 1. The second kappa shape index (κ2) is 8.99. The number of sulfonamides is 1. The van der Waals surface area contributed by atoms with Gasteiger partial charge in [-0.1, -0.05) is 29.3 Å². The number of nitrogens with one attached hydrogen (secondary N) is 1. The van der Waals surface area contributed by atoms with Crippen LogP contribution >= 0.6 is 11.6 Å². The molecule has 0 aliphatic carbocycles. The zero-order valence-electron chi connectivity index (χ0n) is 16.4. The van der Waals surface area contributed by atoms with Gasteiger partial charge in [-0.2, -0.15) is 0 Å². The summed E-state index contributed by atoms with van der Waals surface area (Å²) in [5, 5.41) is 0.845. The van der Waals surface area contributed by atoms with Crippen LogP contribution in [-0.4, -0.2) is 20.9 Å². The number of aryl methyl sites for hydroxylation is 2. The number of carbonyl (C=O) groups excluding carboxylic acids is 1. The van der Waals surface area contributed by atoms with E-state index in [0.717, 1.165) is 5.56 Å². The van der Waals surface area contributed by atoms with E-state index in [0.29, 0.717) is 10.9 Å². The second-order valence-electron chi connectivity index (χ2n) is 6.82. The standard InChI is InChI=1S/C21H20ClNO6S/c1-13-5-7-15(8-6-13)30(26,27)23-9-3-4-20(24)29-19-12-18-16(11-17(19)22)14(2)10-21(25)28-18/h5-8,10-12,23H,3-4,9H2,1-2H3. The van der Waals surface area contributed by atoms with Crippen molar-refractivity contribution in [1.29, 1.82) is 0 Å². The number of carbonyl (C=O) groups is 1. The van der Waals surface area contributed by atoms with Crippen LogP contribution < -0.4 is 15.1 Å². The molecule has 1 N–H and O–H groups in total. The minimum Gasteiger partial charge on any atom is -0.425 e. The Morgan fingerprint density at radius 3 is 2.53 bits per heavy atom. The first kappa shape index (κ1) is 22.0. The number of halogens is 1. The van der Waals surface area contributed by atoms with E-state index >= 15 is 0 Å². The van der Waals surface area contributed by atoms with Crippen molar-refractivity contribution in [2.75, 3.05) is 6.54 Å². The average Bonchev–Trinajstić information content (AvgIpc) is 2.67. The molecule has 0 fully saturated rings. The first-order chi connectivity index (χ1) is 14.2. The number of fused-ring (bicyclic) bond motifs is 1. The maximum Gasteiger partial charge on any atom is 0.336 e. The molecule has 9 heteroatoms. The zero-order valence-corrected chi connectivity index (χ0v) is 18.0. The van der Waals surface area contributed by atoms with Gasteiger partial charge in [0.15, 0.2) is 5.75 Å². The summed E-state index contributed by atoms with van der Waals surface area (Å²) >= 11 is 6.17. The van der Waals surface area contributed by atoms with Crippen molar-refractivity contribution in [2.24, 2.45) is 0 Å². The molecular formula is C21H20ClNO6S. The summed E-state index contributed by atoms with van der Waals surface area (Å²) in [5.41, 5.74) is 1.40. The molecule has 0 bridgehead atoms. The highest BCUT2D eigenvalue weighted by atomic mass is 35.5. The average molecular weight is 450 g/mol. The quantitative estimate of drug-likeness (QED) is 0.255. The van der Waals surface area contributed by atoms with Crippen molar-refractivity contribution in [1.82, 2.24) is 4.72 Å². The van der Waals surface area contributed by atoms with E-state index in [4.69, 9.17) is 20.8 Å². The van der Waals surface area contributed by atoms with Gasteiger partial charge >= 0.3 is 11.6 Å². The largest absolute Gasteiger partial charge is 0.425 e. The van der Waals surface area contributed by atoms with Gasteiger partial charge in [-0.05, 0) is 44.0 Å². The van der Waals surface area contributed by atoms with Crippen LogP contribution in [0.1, 0.15) is 24.0 Å². The summed E-state index contributed by atoms with van der Waals surface area (Å²) in [4.78, 5) is 23.8. The van der Waals surface area contributed by atoms with E-state index in [2.05, 4.69) is 4.72 Å². The smallest absolute Gasteiger partial charge is 0.336 e. The molecule has 1 aromatic heterocycles. The van der Waals surface area contributed by atoms with E-state index < -0.39 is 21.6 Å². The Morgan fingerprint density at radius 2 is 1.83 bits per heavy atom. The maximum absolute atomic E-state index is 12.2. The van der Waals surface area contributed by atoms with Gasteiger partial charge < -0.3 is 9.15 Å². The zero-order chi connectivity index (χ0) is 21.9. The topological polar surface area (TPSA) is 103 Å². The van der Waals surface area contributed by atoms with Crippen molar-refractivity contribution in [3.8, 4) is 5.75 Å². The molecule has 1 heterocycles. The van der Waals surface area contributed by atoms with Crippen LogP contribution in [0.3, 0.4) is 0 Å². The molecular weight excluding hydrogens is 430 g/mol. The van der Waals surface area contributed by atoms with Gasteiger partial charge in [0.25, 0.3) is 0 Å². The molecule has 30 heavy (non-hydrogen) atoms. The summed E-state index contributed by atoms with van der Waals surface area (Å²) in [6.07, 6.45) is 0.214. The lowest BCUT2D eigenvalue weighted by atomic mass is 10.1. The van der Waals surface area contributed by atoms with Gasteiger partial charge in [-0.15, -0.1) is 0 Å². The van der Waals surface area contributed by atoms with Gasteiger partial charge in [0, 0.05) is 30.5 Å². The Morgan fingerprint density at radius 1 is 1.13 bits per heavy atom. The van der Waals surface area contributed by atoms with Gasteiger partial charge in [-0.3, -0.25) is 4.79 Å². The number of ether oxygens (including phenoxy) is 1. The lowest BCUT2D eigenvalue weighted by molar-refractivity contribution is -0.134. The Labute approximate surface area is 178 Å². The molecule has 0 unspecified atom stereocenters. The molecule has 158 valence electrons. The highest BCUT2D eigenvalue weighted by Crippen LogP contribution is 2.31. The van der Waals surface area contributed by atoms with Crippen LogP contribution in [0.2, 0.25) is 5.02 Å². The van der Waals surface area contributed by atoms with Gasteiger partial charge in [-0.25, -0.2) is 17.9 Å². The minimum absolute atomic E-state index is 0.0252. The number of hydrogen-bond acceptors (Lipinski definition) is 6. The maximum atomic E-state index is 12.2. The lowest BCUT2D eigenvalue weighted by Gasteiger charge is -2.09. The molecule has 0 radical (unpaired) electrons. The predicted molar refractivity (Wildman–Crippen MR) is 113 cm³/mol. The molecule has 0 atom stereocenters. The van der Waals surface area contributed by atoms with E-state index in [1.54, 1.807) is 25.1 Å². The SMILES string of the molecule is Cc1ccc(S(=O)(=O)NCCCC(=O)Oc2cc3oc(=O)cc(C)c3cc2Cl)cc1. The van der Waals surface area contributed by atoms with Crippen LogP contribution in [-0.2, 0) is 14.8 Å². The van der Waals surface area contributed by atoms with Gasteiger partial charge in [0.1, 0.15) is 5.58 Å². The molecule has 7 nitrogen and oxygen atoms in total. The molecule has 0 saturated heterocycles. The van der Waals surface area contributed by atoms with E-state index in [-0.39, 0.29) is 40.6 Å². The minimum atomic E-state index is -3.64. The fourth-order valence-electron chi connectivity index (χ4n) is 2.81. The van der Waals surface area contributed by atoms with Gasteiger partial charge in [0.2, 0.25) is 10.0 Å². The summed E-state index contributed by atoms with van der Waals surface area (Å²) < 4.78 is 37.3. The van der Waals surface area contributed by atoms with Crippen LogP contribution in [0.25, 0.3) is 11.0 Å². The molecule has 0 amide bonds. The Kier molecular flexibility index (Phi) is 6.60. The molecule has 0 aliphatic rings. The third-order valence-electron chi connectivity index (χ3n) is 4.41. The van der Waals surface area contributed by atoms with Crippen molar-refractivity contribution in [2.45, 2.75) is 31.6 Å². The fourth-order valence-corrected chi connectivity index (χ4v) is 4.09. The summed E-state index contributed by atoms with van der Waals surface area (Å²) in [5.74, 6) is -0.510. The van der Waals surface area contributed by atoms with Crippen molar-refractivity contribution >= 4 is 38.6 Å². The summed E-state index contributed by atoms with van der Waals surface area (Å²) in [6, 6.07) is 10.8. The van der Waals surface area contributed by atoms with Crippen molar-refractivity contribution in [3.63, 3.8) is 0 Å². The Bertz CT molecular complexity index is 1250. The molecule has 2 aromatic carbocycles. The summed E-state index contributed by atoms with van der Waals surface area (Å²) in [6.45, 7) is 3.69. The lowest BCUT2D eigenvalue weighted by Crippen LogP contribution is -2.25. The first-order valence-corrected chi connectivity index (χ1v) is 11.0. The second-order valence-corrected chi connectivity index (χ2v) is 8.99. The summed E-state index contributed by atoms with van der Waals surface area (Å²) in [7, 11) is -3.64. The number of benzene rings is 2. The number of hydrogen-bond donors (Lipinski definition) is 1. The third kappa shape index (κ3) is 5.27. The van der Waals surface area contributed by atoms with Crippen LogP contribution in [0, 0.1) is 13.8 Å². The van der Waals surface area contributed by atoms with Crippen LogP contribution in [0.4, 0.5) is 0 Å². The normalized spacial score (nSPS) is 11.6. The van der Waals surface area contributed by atoms with Crippen molar-refractivity contribution < 1.29 is 22.4 Å². The van der Waals surface area contributed by atoms with E-state index in [1.807, 2.05) is 6.92 Å². The van der Waals surface area contributed by atoms with Crippen molar-refractivity contribution in [3.05, 3.63) is 69.0 Å². The fraction of sp³-hybridized carbons (Fsp3) is 0.238. The highest BCUT2D eigenvalue weighted by Gasteiger charge is 2.15. The molecule has 0 spiro atoms. The molecule has 3 rings (SSSR count). The molecule has 3 aromatic rings. The highest BCUT2D eigenvalue weighted by molar-refractivity contribution is 7.89. The molecule has 0 aliphatic heterocycles. The third-order valence-corrected chi connectivity index (χ3v) is 6.18. The monoisotopic (exact) mass is 449 g/mol. The number of rotatable bonds is 7. The van der Waals surface area contributed by atoms with Crippen LogP contribution in [0.5, 0.6) is 5.75 Å². The predicted octanol–water partition coefficient (Wildman–Crippen LogP) is 3.73.